The minimum Gasteiger partial charge on any atom is -0.461 e. The third-order valence-electron chi connectivity index (χ3n) is 6.22. The van der Waals surface area contributed by atoms with Crippen molar-refractivity contribution in [1.82, 2.24) is 4.90 Å². The SMILES string of the molecule is CC1=C(C(=O)OCCN(C)Cc2ccccc2)C(c2cccc(Cl)c2)C2C(=N1)COCCS2(=O)=O. The number of esters is 1. The number of carbonyl (C=O) groups is 1. The van der Waals surface area contributed by atoms with E-state index in [1.165, 1.54) is 0 Å². The van der Waals surface area contributed by atoms with Gasteiger partial charge in [-0.1, -0.05) is 54.1 Å². The van der Waals surface area contributed by atoms with Gasteiger partial charge < -0.3 is 9.47 Å². The van der Waals surface area contributed by atoms with Gasteiger partial charge in [-0.2, -0.15) is 0 Å². The summed E-state index contributed by atoms with van der Waals surface area (Å²) in [6.45, 7) is 3.31. The zero-order valence-corrected chi connectivity index (χ0v) is 21.4. The van der Waals surface area contributed by atoms with Crippen LogP contribution in [-0.2, 0) is 30.7 Å². The number of carbonyl (C=O) groups excluding carboxylic acids is 1. The summed E-state index contributed by atoms with van der Waals surface area (Å²) < 4.78 is 37.7. The average Bonchev–Trinajstić information content (AvgIpc) is 2.96. The predicted molar refractivity (Wildman–Crippen MR) is 136 cm³/mol. The van der Waals surface area contributed by atoms with Gasteiger partial charge in [0.2, 0.25) is 0 Å². The molecule has 4 rings (SSSR count). The first-order valence-corrected chi connectivity index (χ1v) is 13.6. The fraction of sp³-hybridized carbons (Fsp3) is 0.385. The first-order valence-electron chi connectivity index (χ1n) is 11.5. The molecule has 2 unspecified atom stereocenters. The van der Waals surface area contributed by atoms with Gasteiger partial charge in [0.05, 0.1) is 30.3 Å². The van der Waals surface area contributed by atoms with Crippen LogP contribution in [0.5, 0.6) is 0 Å². The molecule has 2 aromatic carbocycles. The molecule has 0 radical (unpaired) electrons. The van der Waals surface area contributed by atoms with Crippen molar-refractivity contribution in [2.24, 2.45) is 4.99 Å². The molecule has 1 saturated heterocycles. The molecule has 2 aliphatic heterocycles. The fourth-order valence-corrected chi connectivity index (χ4v) is 6.62. The van der Waals surface area contributed by atoms with Crippen LogP contribution in [0.15, 0.2) is 70.9 Å². The van der Waals surface area contributed by atoms with Crippen molar-refractivity contribution < 1.29 is 22.7 Å². The zero-order chi connectivity index (χ0) is 25.0. The monoisotopic (exact) mass is 516 g/mol. The second-order valence-corrected chi connectivity index (χ2v) is 11.5. The van der Waals surface area contributed by atoms with E-state index < -0.39 is 27.0 Å². The number of aliphatic imine (C=N–C) groups is 1. The van der Waals surface area contributed by atoms with E-state index in [2.05, 4.69) is 9.89 Å². The van der Waals surface area contributed by atoms with Crippen LogP contribution in [0, 0.1) is 0 Å². The molecule has 35 heavy (non-hydrogen) atoms. The van der Waals surface area contributed by atoms with Crippen LogP contribution in [0.25, 0.3) is 0 Å². The third kappa shape index (κ3) is 6.01. The standard InChI is InChI=1S/C26H29ClN2O5S/c1-18-23(26(30)34-12-11-29(2)16-19-7-4-3-5-8-19)24(20-9-6-10-21(27)15-20)25-22(28-18)17-33-13-14-35(25,31)32/h3-10,15,24-25H,11-14,16-17H2,1-2H3. The Morgan fingerprint density at radius 2 is 1.97 bits per heavy atom. The lowest BCUT2D eigenvalue weighted by Gasteiger charge is -2.32. The molecular weight excluding hydrogens is 488 g/mol. The Hall–Kier alpha value is -2.52. The number of likely N-dealkylation sites (N-methyl/N-ethyl adjacent to an activating group) is 1. The van der Waals surface area contributed by atoms with Crippen molar-refractivity contribution in [3.05, 3.63) is 82.0 Å². The van der Waals surface area contributed by atoms with Crippen LogP contribution in [0.3, 0.4) is 0 Å². The molecule has 0 amide bonds. The molecule has 7 nitrogen and oxygen atoms in total. The van der Waals surface area contributed by atoms with Crippen molar-refractivity contribution in [3.63, 3.8) is 0 Å². The lowest BCUT2D eigenvalue weighted by molar-refractivity contribution is -0.139. The summed E-state index contributed by atoms with van der Waals surface area (Å²) in [5.41, 5.74) is 2.88. The van der Waals surface area contributed by atoms with E-state index in [1.807, 2.05) is 37.4 Å². The van der Waals surface area contributed by atoms with E-state index in [0.29, 0.717) is 28.5 Å². The summed E-state index contributed by atoms with van der Waals surface area (Å²) in [6, 6.07) is 17.0. The van der Waals surface area contributed by atoms with Gasteiger partial charge in [-0.05, 0) is 37.2 Å². The van der Waals surface area contributed by atoms with E-state index in [4.69, 9.17) is 21.1 Å². The van der Waals surface area contributed by atoms with Gasteiger partial charge in [-0.3, -0.25) is 9.89 Å². The number of nitrogens with zero attached hydrogens (tertiary/aromatic N) is 2. The average molecular weight is 517 g/mol. The molecule has 0 aliphatic carbocycles. The van der Waals surface area contributed by atoms with Gasteiger partial charge in [0.1, 0.15) is 11.9 Å². The first-order chi connectivity index (χ1) is 16.8. The summed E-state index contributed by atoms with van der Waals surface area (Å²) in [6.07, 6.45) is 0. The van der Waals surface area contributed by atoms with Crippen molar-refractivity contribution in [1.29, 1.82) is 0 Å². The van der Waals surface area contributed by atoms with Crippen LogP contribution in [0.1, 0.15) is 24.0 Å². The highest BCUT2D eigenvalue weighted by Gasteiger charge is 2.46. The number of ether oxygens (including phenoxy) is 2. The number of fused-ring (bicyclic) bond motifs is 1. The highest BCUT2D eigenvalue weighted by atomic mass is 35.5. The maximum atomic E-state index is 13.4. The molecule has 2 atom stereocenters. The van der Waals surface area contributed by atoms with Gasteiger partial charge in [-0.15, -0.1) is 0 Å². The first kappa shape index (κ1) is 25.6. The molecule has 186 valence electrons. The molecule has 0 spiro atoms. The van der Waals surface area contributed by atoms with Crippen LogP contribution in [0.2, 0.25) is 5.02 Å². The number of allylic oxidation sites excluding steroid dienone is 1. The Morgan fingerprint density at radius 3 is 2.71 bits per heavy atom. The minimum atomic E-state index is -3.64. The van der Waals surface area contributed by atoms with Crippen LogP contribution >= 0.6 is 11.6 Å². The molecule has 9 heteroatoms. The molecule has 0 bridgehead atoms. The van der Waals surface area contributed by atoms with E-state index in [-0.39, 0.29) is 31.1 Å². The molecule has 2 aliphatic rings. The van der Waals surface area contributed by atoms with Crippen molar-refractivity contribution in [3.8, 4) is 0 Å². The molecule has 0 N–H and O–H groups in total. The second kappa shape index (κ2) is 11.0. The van der Waals surface area contributed by atoms with E-state index in [9.17, 15) is 13.2 Å². The maximum absolute atomic E-state index is 13.4. The summed E-state index contributed by atoms with van der Waals surface area (Å²) >= 11 is 6.25. The molecular formula is C26H29ClN2O5S. The number of rotatable bonds is 7. The van der Waals surface area contributed by atoms with E-state index in [0.717, 1.165) is 12.1 Å². The summed E-state index contributed by atoms with van der Waals surface area (Å²) in [7, 11) is -1.68. The number of halogens is 1. The lowest BCUT2D eigenvalue weighted by Crippen LogP contribution is -2.42. The Balaban J connectivity index is 1.58. The van der Waals surface area contributed by atoms with Crippen molar-refractivity contribution in [2.75, 3.05) is 39.2 Å². The van der Waals surface area contributed by atoms with Crippen molar-refractivity contribution in [2.45, 2.75) is 24.6 Å². The molecule has 0 saturated carbocycles. The Morgan fingerprint density at radius 1 is 1.20 bits per heavy atom. The highest BCUT2D eigenvalue weighted by molar-refractivity contribution is 7.92. The maximum Gasteiger partial charge on any atom is 0.336 e. The summed E-state index contributed by atoms with van der Waals surface area (Å²) in [5.74, 6) is -1.48. The van der Waals surface area contributed by atoms with Crippen LogP contribution in [0.4, 0.5) is 0 Å². The quantitative estimate of drug-likeness (QED) is 0.522. The van der Waals surface area contributed by atoms with Gasteiger partial charge in [0, 0.05) is 29.7 Å². The van der Waals surface area contributed by atoms with Crippen LogP contribution < -0.4 is 0 Å². The predicted octanol–water partition coefficient (Wildman–Crippen LogP) is 3.64. The van der Waals surface area contributed by atoms with Gasteiger partial charge >= 0.3 is 5.97 Å². The smallest absolute Gasteiger partial charge is 0.336 e. The lowest BCUT2D eigenvalue weighted by atomic mass is 9.83. The van der Waals surface area contributed by atoms with Gasteiger partial charge in [0.15, 0.2) is 9.84 Å². The summed E-state index contributed by atoms with van der Waals surface area (Å²) in [5, 5.41) is -0.544. The zero-order valence-electron chi connectivity index (χ0n) is 19.8. The van der Waals surface area contributed by atoms with Gasteiger partial charge in [0.25, 0.3) is 0 Å². The van der Waals surface area contributed by atoms with E-state index >= 15 is 0 Å². The number of hydrogen-bond donors (Lipinski definition) is 0. The molecule has 2 aromatic rings. The number of hydrogen-bond acceptors (Lipinski definition) is 7. The van der Waals surface area contributed by atoms with Gasteiger partial charge in [-0.25, -0.2) is 13.2 Å². The minimum absolute atomic E-state index is 0.0900. The topological polar surface area (TPSA) is 85.3 Å². The van der Waals surface area contributed by atoms with E-state index in [1.54, 1.807) is 31.2 Å². The second-order valence-electron chi connectivity index (χ2n) is 8.83. The third-order valence-corrected chi connectivity index (χ3v) is 8.51. The van der Waals surface area contributed by atoms with Crippen molar-refractivity contribution >= 4 is 33.1 Å². The molecule has 2 heterocycles. The molecule has 0 aromatic heterocycles. The number of sulfone groups is 1. The normalized spacial score (nSPS) is 21.8. The molecule has 1 fully saturated rings. The Labute approximate surface area is 211 Å². The Bertz CT molecular complexity index is 1240. The largest absolute Gasteiger partial charge is 0.461 e. The fourth-order valence-electron chi connectivity index (χ4n) is 4.58. The van der Waals surface area contributed by atoms with Crippen LogP contribution in [-0.4, -0.2) is 69.4 Å². The number of benzene rings is 2. The Kier molecular flexibility index (Phi) is 8.06. The highest BCUT2D eigenvalue weighted by Crippen LogP contribution is 2.40. The summed E-state index contributed by atoms with van der Waals surface area (Å²) in [4.78, 5) is 19.9.